The van der Waals surface area contributed by atoms with Crippen LogP contribution >= 0.6 is 0 Å². The molecule has 0 saturated heterocycles. The zero-order chi connectivity index (χ0) is 8.69. The van der Waals surface area contributed by atoms with E-state index in [0.29, 0.717) is 6.54 Å². The zero-order valence-electron chi connectivity index (χ0n) is 6.92. The maximum atomic E-state index is 10.6. The van der Waals surface area contributed by atoms with E-state index in [0.717, 1.165) is 5.57 Å². The summed E-state index contributed by atoms with van der Waals surface area (Å²) in [4.78, 5) is 10.6. The number of rotatable bonds is 4. The average molecular weight is 154 g/mol. The molecule has 0 spiro atoms. The quantitative estimate of drug-likeness (QED) is 0.449. The first-order valence-electron chi connectivity index (χ1n) is 3.44. The third kappa shape index (κ3) is 5.36. The number of ketones is 1. The topological polar surface area (TPSA) is 55.1 Å². The Morgan fingerprint density at radius 3 is 2.64 bits per heavy atom. The van der Waals surface area contributed by atoms with Gasteiger partial charge >= 0.3 is 0 Å². The molecule has 0 heterocycles. The van der Waals surface area contributed by atoms with Crippen molar-refractivity contribution < 1.29 is 4.79 Å². The van der Waals surface area contributed by atoms with Gasteiger partial charge in [0.1, 0.15) is 0 Å². The van der Waals surface area contributed by atoms with Crippen molar-refractivity contribution in [1.29, 1.82) is 0 Å². The minimum atomic E-state index is 0.0355. The van der Waals surface area contributed by atoms with E-state index in [4.69, 9.17) is 5.73 Å². The Labute approximate surface area is 67.0 Å². The molecule has 0 radical (unpaired) electrons. The van der Waals surface area contributed by atoms with Crippen molar-refractivity contribution >= 4 is 5.78 Å². The fraction of sp³-hybridized carbons (Fsp3) is 0.375. The smallest absolute Gasteiger partial charge is 0.152 e. The van der Waals surface area contributed by atoms with Gasteiger partial charge in [-0.05, 0) is 37.9 Å². The summed E-state index contributed by atoms with van der Waals surface area (Å²) < 4.78 is 0. The second kappa shape index (κ2) is 5.68. The Balaban J connectivity index is 4.19. The molecule has 3 nitrogen and oxygen atoms in total. The fourth-order valence-electron chi connectivity index (χ4n) is 0.747. The molecule has 0 aromatic rings. The van der Waals surface area contributed by atoms with Crippen molar-refractivity contribution in [3.8, 4) is 0 Å². The molecular weight excluding hydrogens is 140 g/mol. The van der Waals surface area contributed by atoms with Crippen LogP contribution in [-0.4, -0.2) is 19.4 Å². The van der Waals surface area contributed by atoms with E-state index in [2.05, 4.69) is 5.32 Å². The Bertz CT molecular complexity index is 183. The summed E-state index contributed by atoms with van der Waals surface area (Å²) >= 11 is 0. The molecule has 62 valence electrons. The summed E-state index contributed by atoms with van der Waals surface area (Å²) in [6, 6.07) is 0. The normalized spacial score (nSPS) is 12.4. The van der Waals surface area contributed by atoms with Gasteiger partial charge in [0.25, 0.3) is 0 Å². The van der Waals surface area contributed by atoms with Crippen LogP contribution in [0.25, 0.3) is 0 Å². The van der Waals surface area contributed by atoms with E-state index in [1.165, 1.54) is 13.1 Å². The Morgan fingerprint density at radius 2 is 2.27 bits per heavy atom. The van der Waals surface area contributed by atoms with Crippen LogP contribution in [0.4, 0.5) is 0 Å². The van der Waals surface area contributed by atoms with Gasteiger partial charge in [0.2, 0.25) is 0 Å². The summed E-state index contributed by atoms with van der Waals surface area (Å²) in [5, 5.41) is 2.93. The van der Waals surface area contributed by atoms with Crippen LogP contribution in [0, 0.1) is 0 Å². The van der Waals surface area contributed by atoms with E-state index >= 15 is 0 Å². The van der Waals surface area contributed by atoms with E-state index in [-0.39, 0.29) is 5.78 Å². The second-order valence-corrected chi connectivity index (χ2v) is 2.22. The Morgan fingerprint density at radius 1 is 1.64 bits per heavy atom. The van der Waals surface area contributed by atoms with Crippen molar-refractivity contribution in [2.75, 3.05) is 13.6 Å². The highest BCUT2D eigenvalue weighted by Gasteiger charge is 1.91. The molecule has 0 bridgehead atoms. The predicted octanol–water partition coefficient (Wildman–Crippen LogP) is 0.194. The number of hydrogen-bond donors (Lipinski definition) is 2. The van der Waals surface area contributed by atoms with Crippen molar-refractivity contribution in [2.24, 2.45) is 5.73 Å². The van der Waals surface area contributed by atoms with Gasteiger partial charge in [0.05, 0.1) is 0 Å². The number of hydrogen-bond acceptors (Lipinski definition) is 3. The van der Waals surface area contributed by atoms with Crippen LogP contribution < -0.4 is 11.1 Å². The minimum Gasteiger partial charge on any atom is -0.405 e. The summed E-state index contributed by atoms with van der Waals surface area (Å²) in [5.74, 6) is 0.0355. The van der Waals surface area contributed by atoms with Gasteiger partial charge in [-0.15, -0.1) is 0 Å². The van der Waals surface area contributed by atoms with Crippen molar-refractivity contribution in [3.63, 3.8) is 0 Å². The lowest BCUT2D eigenvalue weighted by Gasteiger charge is -1.97. The van der Waals surface area contributed by atoms with Crippen LogP contribution in [0.1, 0.15) is 6.92 Å². The Kier molecular flexibility index (Phi) is 5.11. The van der Waals surface area contributed by atoms with Crippen LogP contribution in [0.3, 0.4) is 0 Å². The van der Waals surface area contributed by atoms with Gasteiger partial charge in [-0.25, -0.2) is 0 Å². The van der Waals surface area contributed by atoms with Gasteiger partial charge in [-0.1, -0.05) is 0 Å². The monoisotopic (exact) mass is 154 g/mol. The van der Waals surface area contributed by atoms with E-state index in [1.807, 2.05) is 7.05 Å². The molecule has 0 aromatic heterocycles. The van der Waals surface area contributed by atoms with Crippen molar-refractivity contribution in [3.05, 3.63) is 23.9 Å². The average Bonchev–Trinajstić information content (AvgIpc) is 1.87. The third-order valence-corrected chi connectivity index (χ3v) is 1.08. The third-order valence-electron chi connectivity index (χ3n) is 1.08. The van der Waals surface area contributed by atoms with Gasteiger partial charge in [-0.3, -0.25) is 4.79 Å². The lowest BCUT2D eigenvalue weighted by molar-refractivity contribution is -0.112. The van der Waals surface area contributed by atoms with Crippen LogP contribution in [0.5, 0.6) is 0 Å². The molecular formula is C8H14N2O. The van der Waals surface area contributed by atoms with E-state index in [1.54, 1.807) is 12.2 Å². The summed E-state index contributed by atoms with van der Waals surface area (Å²) in [5.41, 5.74) is 6.07. The number of allylic oxidation sites excluding steroid dienone is 1. The summed E-state index contributed by atoms with van der Waals surface area (Å²) in [7, 11) is 1.82. The zero-order valence-corrected chi connectivity index (χ0v) is 6.92. The van der Waals surface area contributed by atoms with E-state index in [9.17, 15) is 4.79 Å². The molecule has 0 atom stereocenters. The molecule has 11 heavy (non-hydrogen) atoms. The number of likely N-dealkylation sites (N-methyl/N-ethyl adjacent to an activating group) is 1. The van der Waals surface area contributed by atoms with Crippen LogP contribution in [-0.2, 0) is 4.79 Å². The van der Waals surface area contributed by atoms with Crippen LogP contribution in [0.15, 0.2) is 23.9 Å². The number of carbonyl (C=O) groups excluding carboxylic acids is 1. The Hall–Kier alpha value is -1.09. The van der Waals surface area contributed by atoms with Gasteiger partial charge in [0, 0.05) is 6.54 Å². The van der Waals surface area contributed by atoms with Crippen molar-refractivity contribution in [2.45, 2.75) is 6.92 Å². The molecule has 0 aliphatic rings. The van der Waals surface area contributed by atoms with Gasteiger partial charge in [0.15, 0.2) is 5.78 Å². The summed E-state index contributed by atoms with van der Waals surface area (Å²) in [6.45, 7) is 2.17. The maximum Gasteiger partial charge on any atom is 0.152 e. The van der Waals surface area contributed by atoms with Gasteiger partial charge in [-0.2, -0.15) is 0 Å². The summed E-state index contributed by atoms with van der Waals surface area (Å²) in [6.07, 6.45) is 4.68. The second-order valence-electron chi connectivity index (χ2n) is 2.22. The van der Waals surface area contributed by atoms with Crippen molar-refractivity contribution in [1.82, 2.24) is 5.32 Å². The molecule has 0 saturated carbocycles. The molecule has 0 aromatic carbocycles. The first-order chi connectivity index (χ1) is 5.20. The fourth-order valence-corrected chi connectivity index (χ4v) is 0.747. The number of nitrogens with one attached hydrogen (secondary N) is 1. The molecule has 0 unspecified atom stereocenters. The maximum absolute atomic E-state index is 10.6. The number of nitrogens with two attached hydrogens (primary N) is 1. The molecule has 0 fully saturated rings. The molecule has 0 rings (SSSR count). The highest BCUT2D eigenvalue weighted by atomic mass is 16.1. The first-order valence-corrected chi connectivity index (χ1v) is 3.44. The lowest BCUT2D eigenvalue weighted by Crippen LogP contribution is -2.10. The van der Waals surface area contributed by atoms with Crippen LogP contribution in [0.2, 0.25) is 0 Å². The highest BCUT2D eigenvalue weighted by molar-refractivity contribution is 5.88. The van der Waals surface area contributed by atoms with Gasteiger partial charge < -0.3 is 11.1 Å². The molecule has 0 aliphatic heterocycles. The SMILES string of the molecule is CNCC(/C=C\N)=C/C(C)=O. The largest absolute Gasteiger partial charge is 0.405 e. The first kappa shape index (κ1) is 9.91. The standard InChI is InChI=1S/C8H14N2O/c1-7(11)5-8(3-4-9)6-10-2/h3-5,10H,6,9H2,1-2H3/b4-3-,8-5+. The number of carbonyl (C=O) groups is 1. The van der Waals surface area contributed by atoms with E-state index < -0.39 is 0 Å². The minimum absolute atomic E-state index is 0.0355. The lowest BCUT2D eigenvalue weighted by atomic mass is 10.2. The predicted molar refractivity (Wildman–Crippen MR) is 46.0 cm³/mol. The molecule has 3 N–H and O–H groups in total. The molecule has 0 amide bonds. The molecule has 0 aliphatic carbocycles. The highest BCUT2D eigenvalue weighted by Crippen LogP contribution is 1.93. The molecule has 3 heteroatoms.